The molecule has 0 aliphatic heterocycles. The van der Waals surface area contributed by atoms with Crippen LogP contribution in [-0.4, -0.2) is 4.98 Å². The Balaban J connectivity index is 0.000000510. The maximum Gasteiger partial charge on any atom is 0.126 e. The van der Waals surface area contributed by atoms with E-state index < -0.39 is 0 Å². The molecule has 114 valence electrons. The predicted octanol–water partition coefficient (Wildman–Crippen LogP) is 6.13. The van der Waals surface area contributed by atoms with Crippen molar-refractivity contribution in [2.24, 2.45) is 0 Å². The molecule has 0 amide bonds. The molecule has 1 fully saturated rings. The molecule has 1 aliphatic rings. The average molecular weight is 287 g/mol. The van der Waals surface area contributed by atoms with Crippen molar-refractivity contribution in [3.8, 4) is 11.3 Å². The van der Waals surface area contributed by atoms with E-state index in [9.17, 15) is 4.39 Å². The summed E-state index contributed by atoms with van der Waals surface area (Å²) in [5, 5.41) is 0. The standard InChI is InChI=1S/C15H14FN.2C2H6/c1-10-2-3-12(8-14(10)16)15-7-6-13(9-17-15)11-4-5-11;2*1-2/h2-3,6-9,11H,4-5H2,1H3;2*1-2H3. The van der Waals surface area contributed by atoms with Gasteiger partial charge in [-0.05, 0) is 48.9 Å². The maximum absolute atomic E-state index is 13.5. The second-order valence-corrected chi connectivity index (χ2v) is 4.72. The van der Waals surface area contributed by atoms with Crippen LogP contribution < -0.4 is 0 Å². The lowest BCUT2D eigenvalue weighted by Gasteiger charge is -2.04. The zero-order valence-corrected chi connectivity index (χ0v) is 13.8. The van der Waals surface area contributed by atoms with Crippen LogP contribution in [0.25, 0.3) is 11.3 Å². The van der Waals surface area contributed by atoms with Gasteiger partial charge in [-0.2, -0.15) is 0 Å². The largest absolute Gasteiger partial charge is 0.256 e. The minimum absolute atomic E-state index is 0.171. The van der Waals surface area contributed by atoms with Crippen molar-refractivity contribution in [2.45, 2.75) is 53.4 Å². The summed E-state index contributed by atoms with van der Waals surface area (Å²) in [5.74, 6) is 0.543. The first-order chi connectivity index (χ1) is 10.2. The number of hydrogen-bond donors (Lipinski definition) is 0. The van der Waals surface area contributed by atoms with Gasteiger partial charge in [0.15, 0.2) is 0 Å². The molecule has 21 heavy (non-hydrogen) atoms. The zero-order valence-electron chi connectivity index (χ0n) is 13.8. The number of benzene rings is 1. The third-order valence-corrected chi connectivity index (χ3v) is 3.30. The van der Waals surface area contributed by atoms with Crippen LogP contribution in [0.1, 0.15) is 57.6 Å². The second kappa shape index (κ2) is 8.56. The predicted molar refractivity (Wildman–Crippen MR) is 89.0 cm³/mol. The highest BCUT2D eigenvalue weighted by Gasteiger charge is 2.23. The molecule has 3 rings (SSSR count). The van der Waals surface area contributed by atoms with E-state index in [4.69, 9.17) is 0 Å². The van der Waals surface area contributed by atoms with Crippen molar-refractivity contribution in [3.63, 3.8) is 0 Å². The van der Waals surface area contributed by atoms with Crippen molar-refractivity contribution in [2.75, 3.05) is 0 Å². The van der Waals surface area contributed by atoms with E-state index in [1.165, 1.54) is 18.4 Å². The molecule has 0 N–H and O–H groups in total. The first kappa shape index (κ1) is 17.4. The molecule has 1 heterocycles. The van der Waals surface area contributed by atoms with Crippen LogP contribution in [0.3, 0.4) is 0 Å². The molecule has 0 unspecified atom stereocenters. The molecule has 0 spiro atoms. The van der Waals surface area contributed by atoms with Gasteiger partial charge in [-0.3, -0.25) is 4.98 Å². The zero-order chi connectivity index (χ0) is 15.8. The van der Waals surface area contributed by atoms with Gasteiger partial charge in [0.1, 0.15) is 5.82 Å². The van der Waals surface area contributed by atoms with Crippen LogP contribution in [0.5, 0.6) is 0 Å². The summed E-state index contributed by atoms with van der Waals surface area (Å²) in [6, 6.07) is 9.35. The second-order valence-electron chi connectivity index (χ2n) is 4.72. The molecule has 1 saturated carbocycles. The summed E-state index contributed by atoms with van der Waals surface area (Å²) in [4.78, 5) is 4.41. The van der Waals surface area contributed by atoms with Gasteiger partial charge in [-0.15, -0.1) is 0 Å². The van der Waals surface area contributed by atoms with E-state index in [1.807, 2.05) is 46.0 Å². The molecule has 0 bridgehead atoms. The Morgan fingerprint density at radius 2 is 1.67 bits per heavy atom. The lowest BCUT2D eigenvalue weighted by atomic mass is 10.1. The van der Waals surface area contributed by atoms with Gasteiger partial charge in [-0.25, -0.2) is 4.39 Å². The Labute approximate surface area is 128 Å². The van der Waals surface area contributed by atoms with Gasteiger partial charge in [0.2, 0.25) is 0 Å². The smallest absolute Gasteiger partial charge is 0.126 e. The van der Waals surface area contributed by atoms with Crippen molar-refractivity contribution in [3.05, 3.63) is 53.5 Å². The number of pyridine rings is 1. The molecule has 0 radical (unpaired) electrons. The van der Waals surface area contributed by atoms with Crippen LogP contribution >= 0.6 is 0 Å². The fourth-order valence-corrected chi connectivity index (χ4v) is 1.99. The summed E-state index contributed by atoms with van der Waals surface area (Å²) < 4.78 is 13.5. The minimum atomic E-state index is -0.171. The highest BCUT2D eigenvalue weighted by molar-refractivity contribution is 5.59. The number of hydrogen-bond acceptors (Lipinski definition) is 1. The highest BCUT2D eigenvalue weighted by atomic mass is 19.1. The van der Waals surface area contributed by atoms with Crippen molar-refractivity contribution < 1.29 is 4.39 Å². The van der Waals surface area contributed by atoms with Crippen LogP contribution in [0.4, 0.5) is 4.39 Å². The summed E-state index contributed by atoms with van der Waals surface area (Å²) in [6.45, 7) is 9.77. The molecule has 0 atom stereocenters. The molecule has 2 heteroatoms. The van der Waals surface area contributed by atoms with Crippen LogP contribution in [0.2, 0.25) is 0 Å². The number of halogens is 1. The number of aryl methyl sites for hydroxylation is 1. The van der Waals surface area contributed by atoms with Gasteiger partial charge >= 0.3 is 0 Å². The first-order valence-electron chi connectivity index (χ1n) is 7.96. The number of rotatable bonds is 2. The molecular formula is C19H26FN. The number of nitrogens with zero attached hydrogens (tertiary/aromatic N) is 1. The average Bonchev–Trinajstić information content (AvgIpc) is 3.39. The highest BCUT2D eigenvalue weighted by Crippen LogP contribution is 2.39. The molecule has 1 aliphatic carbocycles. The molecule has 1 nitrogen and oxygen atoms in total. The lowest BCUT2D eigenvalue weighted by molar-refractivity contribution is 0.619. The van der Waals surface area contributed by atoms with E-state index in [1.54, 1.807) is 19.1 Å². The van der Waals surface area contributed by atoms with E-state index in [0.29, 0.717) is 11.5 Å². The molecule has 1 aromatic heterocycles. The lowest BCUT2D eigenvalue weighted by Crippen LogP contribution is -1.88. The van der Waals surface area contributed by atoms with Gasteiger partial charge in [0.05, 0.1) is 5.69 Å². The van der Waals surface area contributed by atoms with Gasteiger partial charge in [-0.1, -0.05) is 45.9 Å². The van der Waals surface area contributed by atoms with Crippen LogP contribution in [-0.2, 0) is 0 Å². The molecule has 2 aromatic rings. The van der Waals surface area contributed by atoms with Crippen molar-refractivity contribution >= 4 is 0 Å². The fourth-order valence-electron chi connectivity index (χ4n) is 1.99. The van der Waals surface area contributed by atoms with E-state index >= 15 is 0 Å². The van der Waals surface area contributed by atoms with E-state index in [0.717, 1.165) is 11.3 Å². The van der Waals surface area contributed by atoms with E-state index in [2.05, 4.69) is 11.1 Å². The minimum Gasteiger partial charge on any atom is -0.256 e. The molecule has 1 aromatic carbocycles. The Morgan fingerprint density at radius 1 is 1.00 bits per heavy atom. The monoisotopic (exact) mass is 287 g/mol. The summed E-state index contributed by atoms with van der Waals surface area (Å²) in [6.07, 6.45) is 4.48. The topological polar surface area (TPSA) is 12.9 Å². The van der Waals surface area contributed by atoms with Gasteiger partial charge < -0.3 is 0 Å². The maximum atomic E-state index is 13.5. The Kier molecular flexibility index (Phi) is 7.07. The summed E-state index contributed by atoms with van der Waals surface area (Å²) >= 11 is 0. The third kappa shape index (κ3) is 4.66. The number of aromatic nitrogens is 1. The van der Waals surface area contributed by atoms with Gasteiger partial charge in [0, 0.05) is 11.8 Å². The van der Waals surface area contributed by atoms with Crippen LogP contribution in [0.15, 0.2) is 36.5 Å². The molecular weight excluding hydrogens is 261 g/mol. The van der Waals surface area contributed by atoms with Crippen LogP contribution in [0, 0.1) is 12.7 Å². The summed E-state index contributed by atoms with van der Waals surface area (Å²) in [7, 11) is 0. The Hall–Kier alpha value is -1.70. The van der Waals surface area contributed by atoms with Gasteiger partial charge in [0.25, 0.3) is 0 Å². The normalized spacial score (nSPS) is 12.7. The Morgan fingerprint density at radius 3 is 2.14 bits per heavy atom. The quantitative estimate of drug-likeness (QED) is 0.647. The van der Waals surface area contributed by atoms with E-state index in [-0.39, 0.29) is 5.82 Å². The van der Waals surface area contributed by atoms with Crippen molar-refractivity contribution in [1.29, 1.82) is 0 Å². The van der Waals surface area contributed by atoms with Crippen molar-refractivity contribution in [1.82, 2.24) is 4.98 Å². The summed E-state index contributed by atoms with van der Waals surface area (Å²) in [5.41, 5.74) is 3.66. The fraction of sp³-hybridized carbons (Fsp3) is 0.421. The SMILES string of the molecule is CC.CC.Cc1ccc(-c2ccc(C3CC3)cn2)cc1F. The molecule has 0 saturated heterocycles. The third-order valence-electron chi connectivity index (χ3n) is 3.30. The first-order valence-corrected chi connectivity index (χ1v) is 7.96. The Bertz CT molecular complexity index is 542.